The number of ether oxygens (including phenoxy) is 1. The van der Waals surface area contributed by atoms with Crippen LogP contribution in [0, 0.1) is 0 Å². The number of benzene rings is 1. The molecule has 2 N–H and O–H groups in total. The summed E-state index contributed by atoms with van der Waals surface area (Å²) in [5.74, 6) is -0.254. The maximum atomic E-state index is 11.9. The number of alkyl carbamates (subject to hydrolysis) is 1. The Hall–Kier alpha value is -2.76. The van der Waals surface area contributed by atoms with Crippen LogP contribution in [-0.2, 0) is 11.3 Å². The van der Waals surface area contributed by atoms with E-state index in [0.717, 1.165) is 5.56 Å². The van der Waals surface area contributed by atoms with Gasteiger partial charge in [-0.1, -0.05) is 12.1 Å². The van der Waals surface area contributed by atoms with Gasteiger partial charge in [-0.25, -0.2) is 4.79 Å². The lowest BCUT2D eigenvalue weighted by Gasteiger charge is -2.19. The Kier molecular flexibility index (Phi) is 5.05. The molecule has 0 unspecified atom stereocenters. The molecule has 0 saturated carbocycles. The molecule has 2 rings (SSSR count). The first-order valence-electron chi connectivity index (χ1n) is 7.23. The van der Waals surface area contributed by atoms with E-state index >= 15 is 0 Å². The highest BCUT2D eigenvalue weighted by Gasteiger charge is 2.15. The largest absolute Gasteiger partial charge is 0.472 e. The summed E-state index contributed by atoms with van der Waals surface area (Å²) in [6.07, 6.45) is 2.34. The SMILES string of the molecule is CC(C)(C)OC(=O)NCc1cccc(NC(=O)c2ccoc2)c1. The van der Waals surface area contributed by atoms with Crippen molar-refractivity contribution in [2.75, 3.05) is 5.32 Å². The number of hydrogen-bond donors (Lipinski definition) is 2. The third-order valence-corrected chi connectivity index (χ3v) is 2.80. The Morgan fingerprint density at radius 3 is 2.65 bits per heavy atom. The van der Waals surface area contributed by atoms with Crippen LogP contribution in [0.25, 0.3) is 0 Å². The minimum absolute atomic E-state index is 0.254. The number of amides is 2. The van der Waals surface area contributed by atoms with Crippen molar-refractivity contribution >= 4 is 17.7 Å². The van der Waals surface area contributed by atoms with Crippen molar-refractivity contribution in [2.24, 2.45) is 0 Å². The van der Waals surface area contributed by atoms with Crippen LogP contribution in [0.4, 0.5) is 10.5 Å². The Labute approximate surface area is 134 Å². The maximum Gasteiger partial charge on any atom is 0.407 e. The second kappa shape index (κ2) is 7.00. The summed E-state index contributed by atoms with van der Waals surface area (Å²) < 4.78 is 10.1. The second-order valence-electron chi connectivity index (χ2n) is 6.02. The van der Waals surface area contributed by atoms with E-state index in [2.05, 4.69) is 10.6 Å². The van der Waals surface area contributed by atoms with Gasteiger partial charge >= 0.3 is 6.09 Å². The lowest BCUT2D eigenvalue weighted by atomic mass is 10.2. The van der Waals surface area contributed by atoms with Crippen molar-refractivity contribution in [2.45, 2.75) is 32.9 Å². The molecule has 2 aromatic rings. The summed E-state index contributed by atoms with van der Waals surface area (Å²) in [7, 11) is 0. The van der Waals surface area contributed by atoms with E-state index in [9.17, 15) is 9.59 Å². The van der Waals surface area contributed by atoms with Gasteiger partial charge in [0.2, 0.25) is 0 Å². The van der Waals surface area contributed by atoms with Crippen LogP contribution in [-0.4, -0.2) is 17.6 Å². The summed E-state index contributed by atoms with van der Waals surface area (Å²) in [4.78, 5) is 23.6. The second-order valence-corrected chi connectivity index (χ2v) is 6.02. The Morgan fingerprint density at radius 2 is 2.00 bits per heavy atom. The van der Waals surface area contributed by atoms with Gasteiger partial charge in [-0.05, 0) is 44.5 Å². The van der Waals surface area contributed by atoms with Crippen LogP contribution >= 0.6 is 0 Å². The Morgan fingerprint density at radius 1 is 1.22 bits per heavy atom. The summed E-state index contributed by atoms with van der Waals surface area (Å²) in [5.41, 5.74) is 1.40. The molecule has 1 heterocycles. The van der Waals surface area contributed by atoms with Crippen LogP contribution in [0.5, 0.6) is 0 Å². The standard InChI is InChI=1S/C17H20N2O4/c1-17(2,3)23-16(21)18-10-12-5-4-6-14(9-12)19-15(20)13-7-8-22-11-13/h4-9,11H,10H2,1-3H3,(H,18,21)(H,19,20). The van der Waals surface area contributed by atoms with Crippen molar-refractivity contribution < 1.29 is 18.7 Å². The molecule has 2 amide bonds. The molecule has 6 nitrogen and oxygen atoms in total. The monoisotopic (exact) mass is 316 g/mol. The quantitative estimate of drug-likeness (QED) is 0.904. The average molecular weight is 316 g/mol. The summed E-state index contributed by atoms with van der Waals surface area (Å²) in [6, 6.07) is 8.80. The molecule has 0 aliphatic carbocycles. The number of furan rings is 1. The fourth-order valence-electron chi connectivity index (χ4n) is 1.84. The Balaban J connectivity index is 1.92. The number of carbonyl (C=O) groups is 2. The minimum Gasteiger partial charge on any atom is -0.472 e. The Bertz CT molecular complexity index is 672. The summed E-state index contributed by atoms with van der Waals surface area (Å²) >= 11 is 0. The molecule has 0 spiro atoms. The van der Waals surface area contributed by atoms with Crippen LogP contribution < -0.4 is 10.6 Å². The number of hydrogen-bond acceptors (Lipinski definition) is 4. The molecule has 23 heavy (non-hydrogen) atoms. The van der Waals surface area contributed by atoms with Crippen LogP contribution in [0.3, 0.4) is 0 Å². The minimum atomic E-state index is -0.537. The molecule has 122 valence electrons. The highest BCUT2D eigenvalue weighted by molar-refractivity contribution is 6.04. The van der Waals surface area contributed by atoms with E-state index in [0.29, 0.717) is 17.8 Å². The van der Waals surface area contributed by atoms with E-state index < -0.39 is 11.7 Å². The predicted octanol–water partition coefficient (Wildman–Crippen LogP) is 3.56. The fourth-order valence-corrected chi connectivity index (χ4v) is 1.84. The van der Waals surface area contributed by atoms with Gasteiger partial charge in [-0.3, -0.25) is 4.79 Å². The molecule has 0 fully saturated rings. The number of nitrogens with one attached hydrogen (secondary N) is 2. The zero-order valence-corrected chi connectivity index (χ0v) is 13.4. The van der Waals surface area contributed by atoms with E-state index in [1.807, 2.05) is 6.07 Å². The van der Waals surface area contributed by atoms with Gasteiger partial charge in [0.15, 0.2) is 0 Å². The molecule has 0 aliphatic heterocycles. The smallest absolute Gasteiger partial charge is 0.407 e. The highest BCUT2D eigenvalue weighted by Crippen LogP contribution is 2.13. The van der Waals surface area contributed by atoms with Gasteiger partial charge < -0.3 is 19.8 Å². The van der Waals surface area contributed by atoms with Crippen molar-refractivity contribution in [3.8, 4) is 0 Å². The number of carbonyl (C=O) groups excluding carboxylic acids is 2. The van der Waals surface area contributed by atoms with E-state index in [1.165, 1.54) is 12.5 Å². The molecule has 0 bridgehead atoms. The third-order valence-electron chi connectivity index (χ3n) is 2.80. The lowest BCUT2D eigenvalue weighted by molar-refractivity contribution is 0.0523. The first-order valence-corrected chi connectivity index (χ1v) is 7.23. The first-order chi connectivity index (χ1) is 10.8. The third kappa shape index (κ3) is 5.50. The van der Waals surface area contributed by atoms with Crippen molar-refractivity contribution in [1.29, 1.82) is 0 Å². The van der Waals surface area contributed by atoms with Crippen LogP contribution in [0.15, 0.2) is 47.3 Å². The van der Waals surface area contributed by atoms with Gasteiger partial charge in [0, 0.05) is 12.2 Å². The summed E-state index contributed by atoms with van der Waals surface area (Å²) in [5, 5.41) is 5.44. The van der Waals surface area contributed by atoms with E-state index in [-0.39, 0.29) is 5.91 Å². The summed E-state index contributed by atoms with van der Waals surface area (Å²) in [6.45, 7) is 5.72. The number of anilines is 1. The van der Waals surface area contributed by atoms with Gasteiger partial charge in [-0.15, -0.1) is 0 Å². The zero-order chi connectivity index (χ0) is 16.9. The molecule has 0 atom stereocenters. The van der Waals surface area contributed by atoms with Crippen LogP contribution in [0.1, 0.15) is 36.7 Å². The predicted molar refractivity (Wildman–Crippen MR) is 86.2 cm³/mol. The normalized spacial score (nSPS) is 10.9. The van der Waals surface area contributed by atoms with Gasteiger partial charge in [0.25, 0.3) is 5.91 Å². The highest BCUT2D eigenvalue weighted by atomic mass is 16.6. The molecule has 1 aromatic heterocycles. The average Bonchev–Trinajstić information content (AvgIpc) is 2.98. The lowest BCUT2D eigenvalue weighted by Crippen LogP contribution is -2.32. The molecular weight excluding hydrogens is 296 g/mol. The first kappa shape index (κ1) is 16.6. The molecule has 6 heteroatoms. The topological polar surface area (TPSA) is 80.6 Å². The number of rotatable bonds is 4. The zero-order valence-electron chi connectivity index (χ0n) is 13.4. The van der Waals surface area contributed by atoms with E-state index in [1.54, 1.807) is 45.0 Å². The van der Waals surface area contributed by atoms with Crippen LogP contribution in [0.2, 0.25) is 0 Å². The van der Waals surface area contributed by atoms with Gasteiger partial charge in [0.05, 0.1) is 11.8 Å². The molecule has 0 radical (unpaired) electrons. The van der Waals surface area contributed by atoms with Crippen molar-refractivity contribution in [3.05, 3.63) is 54.0 Å². The van der Waals surface area contributed by atoms with E-state index in [4.69, 9.17) is 9.15 Å². The van der Waals surface area contributed by atoms with Gasteiger partial charge in [0.1, 0.15) is 11.9 Å². The molecule has 0 aliphatic rings. The molecule has 1 aromatic carbocycles. The van der Waals surface area contributed by atoms with Crippen molar-refractivity contribution in [3.63, 3.8) is 0 Å². The molecular formula is C17H20N2O4. The van der Waals surface area contributed by atoms with Crippen molar-refractivity contribution in [1.82, 2.24) is 5.32 Å². The fraction of sp³-hybridized carbons (Fsp3) is 0.294. The molecule has 0 saturated heterocycles. The maximum absolute atomic E-state index is 11.9. The van der Waals surface area contributed by atoms with Gasteiger partial charge in [-0.2, -0.15) is 0 Å².